The van der Waals surface area contributed by atoms with E-state index < -0.39 is 0 Å². The van der Waals surface area contributed by atoms with Gasteiger partial charge in [0.1, 0.15) is 12.4 Å². The highest BCUT2D eigenvalue weighted by molar-refractivity contribution is 7.99. The first kappa shape index (κ1) is 24.8. The summed E-state index contributed by atoms with van der Waals surface area (Å²) in [5.74, 6) is 2.55. The van der Waals surface area contributed by atoms with Gasteiger partial charge in [0.05, 0.1) is 5.75 Å². The fraction of sp³-hybridized carbons (Fsp3) is 0.423. The van der Waals surface area contributed by atoms with Gasteiger partial charge in [-0.3, -0.25) is 4.79 Å². The Hall–Kier alpha value is -2.80. The zero-order valence-electron chi connectivity index (χ0n) is 20.4. The Kier molecular flexibility index (Phi) is 8.55. The van der Waals surface area contributed by atoms with Crippen LogP contribution in [0.4, 0.5) is 5.69 Å². The molecular weight excluding hydrogens is 432 g/mol. The zero-order valence-corrected chi connectivity index (χ0v) is 21.2. The van der Waals surface area contributed by atoms with Crippen molar-refractivity contribution in [1.29, 1.82) is 0 Å². The van der Waals surface area contributed by atoms with E-state index in [1.807, 2.05) is 35.8 Å². The quantitative estimate of drug-likeness (QED) is 0.362. The summed E-state index contributed by atoms with van der Waals surface area (Å²) in [4.78, 5) is 12.6. The molecule has 0 saturated heterocycles. The van der Waals surface area contributed by atoms with Crippen molar-refractivity contribution >= 4 is 23.4 Å². The molecule has 1 N–H and O–H groups in total. The summed E-state index contributed by atoms with van der Waals surface area (Å²) in [5, 5.41) is 12.4. The highest BCUT2D eigenvalue weighted by atomic mass is 32.2. The summed E-state index contributed by atoms with van der Waals surface area (Å²) >= 11 is 1.39. The fourth-order valence-electron chi connectivity index (χ4n) is 3.67. The SMILES string of the molecule is CCn1c(COc2cc(C)ccc2C(C)C)nnc1SCC(=O)Nc1ccccc1C(C)C. The molecule has 2 aromatic carbocycles. The van der Waals surface area contributed by atoms with Crippen LogP contribution in [0, 0.1) is 6.92 Å². The molecule has 0 spiro atoms. The summed E-state index contributed by atoms with van der Waals surface area (Å²) in [6.07, 6.45) is 0. The van der Waals surface area contributed by atoms with Crippen LogP contribution in [0.25, 0.3) is 0 Å². The van der Waals surface area contributed by atoms with E-state index in [2.05, 4.69) is 68.3 Å². The van der Waals surface area contributed by atoms with Crippen molar-refractivity contribution in [2.24, 2.45) is 0 Å². The molecule has 0 saturated carbocycles. The van der Waals surface area contributed by atoms with Gasteiger partial charge in [0, 0.05) is 12.2 Å². The molecule has 0 aliphatic rings. The van der Waals surface area contributed by atoms with Crippen LogP contribution < -0.4 is 10.1 Å². The molecule has 6 nitrogen and oxygen atoms in total. The van der Waals surface area contributed by atoms with Gasteiger partial charge in [0.25, 0.3) is 0 Å². The Bertz CT molecular complexity index is 1090. The van der Waals surface area contributed by atoms with Gasteiger partial charge < -0.3 is 14.6 Å². The van der Waals surface area contributed by atoms with Gasteiger partial charge in [-0.1, -0.05) is 69.8 Å². The molecule has 0 unspecified atom stereocenters. The second-order valence-electron chi connectivity index (χ2n) is 8.71. The maximum Gasteiger partial charge on any atom is 0.234 e. The number of para-hydroxylation sites is 1. The van der Waals surface area contributed by atoms with E-state index in [-0.39, 0.29) is 11.7 Å². The summed E-state index contributed by atoms with van der Waals surface area (Å²) in [5.41, 5.74) is 4.33. The maximum absolute atomic E-state index is 12.6. The predicted octanol–water partition coefficient (Wildman–Crippen LogP) is 6.16. The van der Waals surface area contributed by atoms with Crippen LogP contribution in [0.3, 0.4) is 0 Å². The number of aryl methyl sites for hydroxylation is 1. The van der Waals surface area contributed by atoms with Crippen molar-refractivity contribution in [3.05, 3.63) is 65.0 Å². The lowest BCUT2D eigenvalue weighted by Crippen LogP contribution is -2.16. The van der Waals surface area contributed by atoms with E-state index in [4.69, 9.17) is 4.74 Å². The van der Waals surface area contributed by atoms with Gasteiger partial charge in [-0.05, 0) is 54.5 Å². The average molecular weight is 467 g/mol. The molecule has 1 aromatic heterocycles. The first-order chi connectivity index (χ1) is 15.8. The molecule has 0 fully saturated rings. The number of nitrogens with zero attached hydrogens (tertiary/aromatic N) is 3. The number of anilines is 1. The number of hydrogen-bond acceptors (Lipinski definition) is 5. The van der Waals surface area contributed by atoms with Crippen LogP contribution in [-0.4, -0.2) is 26.4 Å². The molecule has 0 radical (unpaired) electrons. The molecule has 0 aliphatic carbocycles. The maximum atomic E-state index is 12.6. The number of aromatic nitrogens is 3. The van der Waals surface area contributed by atoms with Gasteiger partial charge in [-0.2, -0.15) is 0 Å². The van der Waals surface area contributed by atoms with Crippen molar-refractivity contribution in [2.45, 2.75) is 71.7 Å². The molecule has 0 atom stereocenters. The number of thioether (sulfide) groups is 1. The molecule has 176 valence electrons. The van der Waals surface area contributed by atoms with Crippen molar-refractivity contribution in [3.63, 3.8) is 0 Å². The Balaban J connectivity index is 1.64. The Morgan fingerprint density at radius 2 is 1.79 bits per heavy atom. The lowest BCUT2D eigenvalue weighted by Gasteiger charge is -2.15. The molecule has 3 aromatic rings. The fourth-order valence-corrected chi connectivity index (χ4v) is 4.49. The first-order valence-electron chi connectivity index (χ1n) is 11.5. The lowest BCUT2D eigenvalue weighted by molar-refractivity contribution is -0.113. The number of hydrogen-bond donors (Lipinski definition) is 1. The van der Waals surface area contributed by atoms with E-state index in [1.165, 1.54) is 17.3 Å². The molecule has 7 heteroatoms. The standard InChI is InChI=1S/C26H34N4O2S/c1-7-30-24(15-32-23-14-19(6)12-13-21(23)18(4)5)28-29-26(30)33-16-25(31)27-22-11-9-8-10-20(22)17(2)3/h8-14,17-18H,7,15-16H2,1-6H3,(H,27,31). The van der Waals surface area contributed by atoms with E-state index in [9.17, 15) is 4.79 Å². The highest BCUT2D eigenvalue weighted by Crippen LogP contribution is 2.29. The van der Waals surface area contributed by atoms with Gasteiger partial charge in [-0.15, -0.1) is 10.2 Å². The first-order valence-corrected chi connectivity index (χ1v) is 12.5. The monoisotopic (exact) mass is 466 g/mol. The van der Waals surface area contributed by atoms with Gasteiger partial charge >= 0.3 is 0 Å². The third kappa shape index (κ3) is 6.38. The number of rotatable bonds is 10. The molecule has 3 rings (SSSR count). The minimum absolute atomic E-state index is 0.0575. The second-order valence-corrected chi connectivity index (χ2v) is 9.65. The number of benzene rings is 2. The summed E-state index contributed by atoms with van der Waals surface area (Å²) < 4.78 is 8.15. The Morgan fingerprint density at radius 1 is 1.06 bits per heavy atom. The van der Waals surface area contributed by atoms with Crippen LogP contribution in [0.5, 0.6) is 5.75 Å². The van der Waals surface area contributed by atoms with Crippen molar-refractivity contribution in [1.82, 2.24) is 14.8 Å². The predicted molar refractivity (Wildman–Crippen MR) is 135 cm³/mol. The van der Waals surface area contributed by atoms with E-state index >= 15 is 0 Å². The van der Waals surface area contributed by atoms with Gasteiger partial charge in [-0.25, -0.2) is 0 Å². The zero-order chi connectivity index (χ0) is 24.0. The van der Waals surface area contributed by atoms with E-state index in [1.54, 1.807) is 0 Å². The van der Waals surface area contributed by atoms with Crippen LogP contribution in [0.15, 0.2) is 47.6 Å². The van der Waals surface area contributed by atoms with Crippen molar-refractivity contribution < 1.29 is 9.53 Å². The van der Waals surface area contributed by atoms with Crippen LogP contribution in [0.1, 0.15) is 69.0 Å². The van der Waals surface area contributed by atoms with Gasteiger partial charge in [0.2, 0.25) is 5.91 Å². The smallest absolute Gasteiger partial charge is 0.234 e. The van der Waals surface area contributed by atoms with E-state index in [0.717, 1.165) is 33.5 Å². The molecule has 1 heterocycles. The molecule has 0 aliphatic heterocycles. The molecule has 33 heavy (non-hydrogen) atoms. The number of ether oxygens (including phenoxy) is 1. The Labute approximate surface area is 201 Å². The van der Waals surface area contributed by atoms with Gasteiger partial charge in [0.15, 0.2) is 11.0 Å². The van der Waals surface area contributed by atoms with Crippen molar-refractivity contribution in [3.8, 4) is 5.75 Å². The largest absolute Gasteiger partial charge is 0.485 e. The number of carbonyl (C=O) groups is 1. The third-order valence-electron chi connectivity index (χ3n) is 5.45. The number of nitrogens with one attached hydrogen (secondary N) is 1. The Morgan fingerprint density at radius 3 is 2.48 bits per heavy atom. The summed E-state index contributed by atoms with van der Waals surface area (Å²) in [7, 11) is 0. The molecule has 0 bridgehead atoms. The average Bonchev–Trinajstić information content (AvgIpc) is 3.18. The topological polar surface area (TPSA) is 69.0 Å². The summed E-state index contributed by atoms with van der Waals surface area (Å²) in [6, 6.07) is 14.2. The third-order valence-corrected chi connectivity index (χ3v) is 6.41. The number of carbonyl (C=O) groups excluding carboxylic acids is 1. The summed E-state index contributed by atoms with van der Waals surface area (Å²) in [6.45, 7) is 13.7. The second kappa shape index (κ2) is 11.4. The van der Waals surface area contributed by atoms with Crippen molar-refractivity contribution in [2.75, 3.05) is 11.1 Å². The number of amides is 1. The highest BCUT2D eigenvalue weighted by Gasteiger charge is 2.16. The minimum Gasteiger partial charge on any atom is -0.485 e. The molecule has 1 amide bonds. The normalized spacial score (nSPS) is 11.3. The lowest BCUT2D eigenvalue weighted by atomic mass is 10.0. The molecular formula is C26H34N4O2S. The van der Waals surface area contributed by atoms with Crippen LogP contribution >= 0.6 is 11.8 Å². The van der Waals surface area contributed by atoms with E-state index in [0.29, 0.717) is 25.0 Å². The van der Waals surface area contributed by atoms with Crippen LogP contribution in [-0.2, 0) is 17.9 Å². The van der Waals surface area contributed by atoms with Crippen LogP contribution in [0.2, 0.25) is 0 Å². The minimum atomic E-state index is -0.0575.